The zero-order valence-corrected chi connectivity index (χ0v) is 17.7. The van der Waals surface area contributed by atoms with Crippen LogP contribution in [-0.4, -0.2) is 26.2 Å². The summed E-state index contributed by atoms with van der Waals surface area (Å²) >= 11 is 0. The van der Waals surface area contributed by atoms with Crippen LogP contribution in [0, 0.1) is 5.92 Å². The number of carbonyl (C=O) groups excluding carboxylic acids is 1. The summed E-state index contributed by atoms with van der Waals surface area (Å²) in [5.74, 6) is -0.0782. The van der Waals surface area contributed by atoms with Crippen molar-refractivity contribution in [1.29, 1.82) is 0 Å². The lowest BCUT2D eigenvalue weighted by Gasteiger charge is -2.29. The molecule has 2 aliphatic rings. The number of rotatable bonds is 4. The summed E-state index contributed by atoms with van der Waals surface area (Å²) in [4.78, 5) is 29.5. The number of hydrogen-bond acceptors (Lipinski definition) is 4. The van der Waals surface area contributed by atoms with Gasteiger partial charge in [-0.3, -0.25) is 14.2 Å². The van der Waals surface area contributed by atoms with Gasteiger partial charge in [0.05, 0.1) is 18.1 Å². The molecule has 6 heteroatoms. The van der Waals surface area contributed by atoms with E-state index in [0.29, 0.717) is 0 Å². The second-order valence-corrected chi connectivity index (χ2v) is 8.20. The second kappa shape index (κ2) is 8.75. The molecule has 0 bridgehead atoms. The molecule has 1 aliphatic heterocycles. The first-order valence-electron chi connectivity index (χ1n) is 10.9. The third-order valence-corrected chi connectivity index (χ3v) is 6.14. The maximum Gasteiger partial charge on any atom is 0.263 e. The van der Waals surface area contributed by atoms with Gasteiger partial charge in [0.1, 0.15) is 6.54 Å². The van der Waals surface area contributed by atoms with Crippen molar-refractivity contribution in [2.24, 2.45) is 11.0 Å². The Morgan fingerprint density at radius 1 is 1.03 bits per heavy atom. The molecule has 3 aromatic rings. The van der Waals surface area contributed by atoms with Crippen LogP contribution in [0.2, 0.25) is 0 Å². The molecule has 1 fully saturated rings. The molecule has 5 rings (SSSR count). The highest BCUT2D eigenvalue weighted by Gasteiger charge is 2.43. The molecule has 2 heterocycles. The fourth-order valence-electron chi connectivity index (χ4n) is 4.66. The normalized spacial score (nSPS) is 21.3. The summed E-state index contributed by atoms with van der Waals surface area (Å²) in [6.07, 6.45) is 7.98. The molecule has 0 radical (unpaired) electrons. The van der Waals surface area contributed by atoms with Crippen molar-refractivity contribution in [3.63, 3.8) is 0 Å². The predicted molar refractivity (Wildman–Crippen MR) is 124 cm³/mol. The Bertz CT molecular complexity index is 1230. The number of aromatic nitrogens is 2. The van der Waals surface area contributed by atoms with Crippen molar-refractivity contribution >= 4 is 17.7 Å². The molecule has 32 heavy (non-hydrogen) atoms. The van der Waals surface area contributed by atoms with Gasteiger partial charge in [-0.05, 0) is 42.0 Å². The van der Waals surface area contributed by atoms with Gasteiger partial charge in [-0.1, -0.05) is 60.7 Å². The molecule has 6 nitrogen and oxygen atoms in total. The van der Waals surface area contributed by atoms with Gasteiger partial charge in [-0.15, -0.1) is 0 Å². The smallest absolute Gasteiger partial charge is 0.263 e. The highest BCUT2D eigenvalue weighted by Crippen LogP contribution is 2.44. The molecule has 0 N–H and O–H groups in total. The van der Waals surface area contributed by atoms with Crippen LogP contribution in [0.3, 0.4) is 0 Å². The van der Waals surface area contributed by atoms with E-state index in [1.807, 2.05) is 36.4 Å². The van der Waals surface area contributed by atoms with Crippen LogP contribution in [0.1, 0.15) is 36.4 Å². The lowest BCUT2D eigenvalue weighted by molar-refractivity contribution is -0.134. The van der Waals surface area contributed by atoms with Gasteiger partial charge >= 0.3 is 0 Å². The fraction of sp³-hybridized carbons (Fsp3) is 0.231. The monoisotopic (exact) mass is 424 g/mol. The lowest BCUT2D eigenvalue weighted by Crippen LogP contribution is -2.35. The molecule has 2 unspecified atom stereocenters. The Balaban J connectivity index is 1.53. The number of fused-ring (bicyclic) bond motifs is 1. The fourth-order valence-corrected chi connectivity index (χ4v) is 4.66. The molecule has 2 atom stereocenters. The minimum atomic E-state index is -0.251. The van der Waals surface area contributed by atoms with Gasteiger partial charge in [0, 0.05) is 18.2 Å². The Labute approximate surface area is 186 Å². The Hall–Kier alpha value is -3.80. The van der Waals surface area contributed by atoms with Gasteiger partial charge in [0.25, 0.3) is 11.5 Å². The molecular formula is C26H24N4O2. The van der Waals surface area contributed by atoms with Crippen molar-refractivity contribution in [3.8, 4) is 0 Å². The van der Waals surface area contributed by atoms with Crippen molar-refractivity contribution in [2.75, 3.05) is 0 Å². The van der Waals surface area contributed by atoms with Gasteiger partial charge in [0.2, 0.25) is 0 Å². The van der Waals surface area contributed by atoms with Crippen molar-refractivity contribution in [3.05, 3.63) is 106 Å². The van der Waals surface area contributed by atoms with Crippen LogP contribution in [0.5, 0.6) is 0 Å². The number of carbonyl (C=O) groups is 1. The van der Waals surface area contributed by atoms with E-state index in [0.717, 1.165) is 36.1 Å². The van der Waals surface area contributed by atoms with E-state index in [1.54, 1.807) is 5.01 Å². The number of hydrogen-bond donors (Lipinski definition) is 0. The minimum Gasteiger partial charge on any atom is -0.290 e. The maximum atomic E-state index is 13.4. The summed E-state index contributed by atoms with van der Waals surface area (Å²) in [6.45, 7) is -0.0861. The number of nitrogens with zero attached hydrogens (tertiary/aromatic N) is 4. The van der Waals surface area contributed by atoms with Crippen LogP contribution < -0.4 is 5.56 Å². The van der Waals surface area contributed by atoms with Gasteiger partial charge in [-0.25, -0.2) is 9.99 Å². The van der Waals surface area contributed by atoms with E-state index >= 15 is 0 Å². The zero-order chi connectivity index (χ0) is 21.9. The van der Waals surface area contributed by atoms with Crippen LogP contribution in [0.25, 0.3) is 6.08 Å². The van der Waals surface area contributed by atoms with E-state index in [9.17, 15) is 9.59 Å². The van der Waals surface area contributed by atoms with Gasteiger partial charge < -0.3 is 0 Å². The second-order valence-electron chi connectivity index (χ2n) is 8.20. The average molecular weight is 425 g/mol. The third-order valence-electron chi connectivity index (χ3n) is 6.14. The van der Waals surface area contributed by atoms with Crippen LogP contribution in [0.4, 0.5) is 0 Å². The molecule has 1 amide bonds. The standard InChI is InChI=1S/C26H24N4O2/c31-23-14-15-27-18-29(23)17-24(32)30-26(20-10-5-2-6-11-20)22-13-7-12-21(25(22)28-30)16-19-8-3-1-4-9-19/h1-6,8-11,14-16,18,22,26H,7,12-13,17H2/b21-16-. The van der Waals surface area contributed by atoms with Crippen LogP contribution >= 0.6 is 0 Å². The zero-order valence-electron chi connectivity index (χ0n) is 17.7. The molecule has 1 saturated carbocycles. The first-order chi connectivity index (χ1) is 15.7. The largest absolute Gasteiger partial charge is 0.290 e. The molecule has 0 saturated heterocycles. The van der Waals surface area contributed by atoms with E-state index in [1.165, 1.54) is 28.7 Å². The molecule has 1 aromatic heterocycles. The Kier molecular flexibility index (Phi) is 5.50. The first kappa shape index (κ1) is 20.1. The minimum absolute atomic E-state index is 0.0861. The summed E-state index contributed by atoms with van der Waals surface area (Å²) in [5.41, 5.74) is 4.11. The average Bonchev–Trinajstić information content (AvgIpc) is 3.23. The van der Waals surface area contributed by atoms with E-state index in [4.69, 9.17) is 5.10 Å². The summed E-state index contributed by atoms with van der Waals surface area (Å²) in [6, 6.07) is 21.5. The first-order valence-corrected chi connectivity index (χ1v) is 10.9. The quantitative estimate of drug-likeness (QED) is 0.634. The van der Waals surface area contributed by atoms with Crippen molar-refractivity contribution in [1.82, 2.24) is 14.6 Å². The summed E-state index contributed by atoms with van der Waals surface area (Å²) < 4.78 is 1.33. The van der Waals surface area contributed by atoms with Crippen molar-refractivity contribution < 1.29 is 4.79 Å². The SMILES string of the molecule is O=C(Cn1cnccc1=O)N1N=C2/C(=C\c3ccccc3)CCCC2C1c1ccccc1. The number of amides is 1. The highest BCUT2D eigenvalue weighted by atomic mass is 16.2. The number of benzene rings is 2. The molecular weight excluding hydrogens is 400 g/mol. The highest BCUT2D eigenvalue weighted by molar-refractivity contribution is 6.08. The molecule has 2 aromatic carbocycles. The molecule has 160 valence electrons. The van der Waals surface area contributed by atoms with Crippen molar-refractivity contribution in [2.45, 2.75) is 31.8 Å². The van der Waals surface area contributed by atoms with Gasteiger partial charge in [-0.2, -0.15) is 5.10 Å². The third kappa shape index (κ3) is 3.91. The number of allylic oxidation sites excluding steroid dienone is 1. The lowest BCUT2D eigenvalue weighted by atomic mass is 9.77. The Morgan fingerprint density at radius 3 is 2.53 bits per heavy atom. The van der Waals surface area contributed by atoms with Crippen LogP contribution in [0.15, 0.2) is 94.7 Å². The van der Waals surface area contributed by atoms with E-state index < -0.39 is 0 Å². The Morgan fingerprint density at radius 2 is 1.78 bits per heavy atom. The molecule has 1 aliphatic carbocycles. The molecule has 0 spiro atoms. The maximum absolute atomic E-state index is 13.4. The van der Waals surface area contributed by atoms with Crippen LogP contribution in [-0.2, 0) is 11.3 Å². The predicted octanol–water partition coefficient (Wildman–Crippen LogP) is 4.07. The van der Waals surface area contributed by atoms with Gasteiger partial charge in [0.15, 0.2) is 0 Å². The summed E-state index contributed by atoms with van der Waals surface area (Å²) in [7, 11) is 0. The van der Waals surface area contributed by atoms with E-state index in [-0.39, 0.29) is 30.0 Å². The number of hydrazone groups is 1. The van der Waals surface area contributed by atoms with E-state index in [2.05, 4.69) is 35.3 Å². The topological polar surface area (TPSA) is 67.6 Å². The summed E-state index contributed by atoms with van der Waals surface area (Å²) in [5, 5.41) is 6.46.